The van der Waals surface area contributed by atoms with Gasteiger partial charge in [0.1, 0.15) is 6.07 Å². The van der Waals surface area contributed by atoms with Gasteiger partial charge in [0.15, 0.2) is 0 Å². The van der Waals surface area contributed by atoms with E-state index in [9.17, 15) is 8.42 Å². The van der Waals surface area contributed by atoms with Crippen LogP contribution in [0.15, 0.2) is 29.2 Å². The molecular formula is C17H18ClN3O2S2. The van der Waals surface area contributed by atoms with Crippen molar-refractivity contribution in [2.75, 3.05) is 31.1 Å². The first kappa shape index (κ1) is 18.2. The average molecular weight is 396 g/mol. The molecule has 0 radical (unpaired) electrons. The van der Waals surface area contributed by atoms with Gasteiger partial charge in [0.25, 0.3) is 0 Å². The molecule has 0 bridgehead atoms. The van der Waals surface area contributed by atoms with Gasteiger partial charge in [0.2, 0.25) is 10.0 Å². The normalized spacial score (nSPS) is 16.0. The van der Waals surface area contributed by atoms with Crippen molar-refractivity contribution in [3.05, 3.63) is 44.6 Å². The number of rotatable bonds is 3. The molecule has 1 aromatic carbocycles. The molecule has 0 saturated carbocycles. The van der Waals surface area contributed by atoms with E-state index in [4.69, 9.17) is 16.9 Å². The van der Waals surface area contributed by atoms with Gasteiger partial charge in [-0.1, -0.05) is 11.6 Å². The Balaban J connectivity index is 1.75. The van der Waals surface area contributed by atoms with Crippen molar-refractivity contribution in [2.45, 2.75) is 18.7 Å². The fraction of sp³-hybridized carbons (Fsp3) is 0.353. The highest BCUT2D eigenvalue weighted by molar-refractivity contribution is 7.89. The van der Waals surface area contributed by atoms with Gasteiger partial charge in [-0.3, -0.25) is 0 Å². The van der Waals surface area contributed by atoms with Gasteiger partial charge in [-0.15, -0.1) is 11.3 Å². The molecule has 2 heterocycles. The predicted molar refractivity (Wildman–Crippen MR) is 101 cm³/mol. The number of benzene rings is 1. The second-order valence-corrected chi connectivity index (χ2v) is 9.72. The largest absolute Gasteiger partial charge is 0.369 e. The van der Waals surface area contributed by atoms with Crippen LogP contribution in [0.5, 0.6) is 0 Å². The van der Waals surface area contributed by atoms with Gasteiger partial charge in [-0.2, -0.15) is 9.57 Å². The number of hydrogen-bond donors (Lipinski definition) is 0. The van der Waals surface area contributed by atoms with E-state index >= 15 is 0 Å². The van der Waals surface area contributed by atoms with Crippen LogP contribution in [0.1, 0.15) is 15.3 Å². The molecule has 1 aliphatic heterocycles. The van der Waals surface area contributed by atoms with Crippen molar-refractivity contribution in [1.82, 2.24) is 4.31 Å². The van der Waals surface area contributed by atoms with Crippen molar-refractivity contribution < 1.29 is 8.42 Å². The Kier molecular flexibility index (Phi) is 5.07. The molecule has 3 rings (SSSR count). The Morgan fingerprint density at radius 1 is 1.16 bits per heavy atom. The lowest BCUT2D eigenvalue weighted by Gasteiger charge is -2.35. The zero-order valence-corrected chi connectivity index (χ0v) is 16.4. The molecule has 25 heavy (non-hydrogen) atoms. The van der Waals surface area contributed by atoms with Crippen LogP contribution < -0.4 is 4.90 Å². The number of hydrogen-bond acceptors (Lipinski definition) is 5. The summed E-state index contributed by atoms with van der Waals surface area (Å²) in [5.74, 6) is 0. The lowest BCUT2D eigenvalue weighted by atomic mass is 10.2. The zero-order chi connectivity index (χ0) is 18.2. The Hall–Kier alpha value is -1.59. The van der Waals surface area contributed by atoms with E-state index in [0.717, 1.165) is 15.4 Å². The second-order valence-electron chi connectivity index (χ2n) is 5.94. The first-order chi connectivity index (χ1) is 11.8. The Labute approximate surface area is 157 Å². The van der Waals surface area contributed by atoms with Crippen molar-refractivity contribution in [3.63, 3.8) is 0 Å². The van der Waals surface area contributed by atoms with E-state index in [2.05, 4.69) is 4.90 Å². The van der Waals surface area contributed by atoms with Crippen LogP contribution in [-0.4, -0.2) is 38.9 Å². The predicted octanol–water partition coefficient (Wildman–Crippen LogP) is 3.40. The third-order valence-electron chi connectivity index (χ3n) is 4.29. The maximum atomic E-state index is 12.9. The Morgan fingerprint density at radius 3 is 2.36 bits per heavy atom. The summed E-state index contributed by atoms with van der Waals surface area (Å²) >= 11 is 7.60. The number of nitriles is 1. The molecule has 0 spiro atoms. The quantitative estimate of drug-likeness (QED) is 0.798. The van der Waals surface area contributed by atoms with E-state index in [-0.39, 0.29) is 0 Å². The molecule has 0 atom stereocenters. The maximum absolute atomic E-state index is 12.9. The van der Waals surface area contributed by atoms with E-state index in [1.54, 1.807) is 22.5 Å². The standard InChI is InChI=1S/C17H18ClN3O2S2/c1-12-9-17(13(2)24-12)25(22,23)21-7-5-20(6-8-21)15-4-3-14(11-19)16(18)10-15/h3-4,9-10H,5-8H2,1-2H3. The van der Waals surface area contributed by atoms with Crippen molar-refractivity contribution in [2.24, 2.45) is 0 Å². The number of aryl methyl sites for hydroxylation is 2. The van der Waals surface area contributed by atoms with E-state index in [1.165, 1.54) is 11.3 Å². The van der Waals surface area contributed by atoms with Gasteiger partial charge in [-0.25, -0.2) is 8.42 Å². The minimum absolute atomic E-state index is 0.416. The first-order valence-electron chi connectivity index (χ1n) is 7.84. The molecule has 5 nitrogen and oxygen atoms in total. The van der Waals surface area contributed by atoms with E-state index in [0.29, 0.717) is 41.7 Å². The topological polar surface area (TPSA) is 64.4 Å². The monoisotopic (exact) mass is 395 g/mol. The summed E-state index contributed by atoms with van der Waals surface area (Å²) in [5.41, 5.74) is 1.35. The SMILES string of the molecule is Cc1cc(S(=O)(=O)N2CCN(c3ccc(C#N)c(Cl)c3)CC2)c(C)s1. The van der Waals surface area contributed by atoms with Crippen LogP contribution in [0.3, 0.4) is 0 Å². The molecule has 0 aliphatic carbocycles. The zero-order valence-electron chi connectivity index (χ0n) is 14.0. The van der Waals surface area contributed by atoms with Gasteiger partial charge >= 0.3 is 0 Å². The van der Waals surface area contributed by atoms with Crippen molar-refractivity contribution in [1.29, 1.82) is 5.26 Å². The molecule has 8 heteroatoms. The van der Waals surface area contributed by atoms with Crippen molar-refractivity contribution >= 4 is 38.6 Å². The maximum Gasteiger partial charge on any atom is 0.244 e. The fourth-order valence-corrected chi connectivity index (χ4v) is 6.14. The Morgan fingerprint density at radius 2 is 1.84 bits per heavy atom. The number of nitrogens with zero attached hydrogens (tertiary/aromatic N) is 3. The van der Waals surface area contributed by atoms with Gasteiger partial charge in [0.05, 0.1) is 15.5 Å². The molecule has 2 aromatic rings. The number of anilines is 1. The van der Waals surface area contributed by atoms with Crippen LogP contribution >= 0.6 is 22.9 Å². The number of halogens is 1. The van der Waals surface area contributed by atoms with E-state index < -0.39 is 10.0 Å². The molecule has 1 aromatic heterocycles. The Bertz CT molecular complexity index is 939. The summed E-state index contributed by atoms with van der Waals surface area (Å²) in [4.78, 5) is 4.34. The third-order valence-corrected chi connectivity index (χ3v) is 7.72. The van der Waals surface area contributed by atoms with Crippen molar-refractivity contribution in [3.8, 4) is 6.07 Å². The van der Waals surface area contributed by atoms with Gasteiger partial charge in [-0.05, 0) is 38.1 Å². The molecule has 0 N–H and O–H groups in total. The third kappa shape index (κ3) is 3.53. The summed E-state index contributed by atoms with van der Waals surface area (Å²) in [5, 5.41) is 9.37. The molecule has 1 fully saturated rings. The smallest absolute Gasteiger partial charge is 0.244 e. The minimum atomic E-state index is -3.45. The molecule has 0 amide bonds. The molecule has 0 unspecified atom stereocenters. The summed E-state index contributed by atoms with van der Waals surface area (Å²) in [6, 6.07) is 9.09. The second kappa shape index (κ2) is 6.96. The lowest BCUT2D eigenvalue weighted by molar-refractivity contribution is 0.385. The number of piperazine rings is 1. The van der Waals surface area contributed by atoms with Crippen LogP contribution in [0.2, 0.25) is 5.02 Å². The molecule has 1 saturated heterocycles. The van der Waals surface area contributed by atoms with Gasteiger partial charge in [0, 0.05) is 41.6 Å². The van der Waals surface area contributed by atoms with Crippen LogP contribution in [0.4, 0.5) is 5.69 Å². The highest BCUT2D eigenvalue weighted by Crippen LogP contribution is 2.29. The molecular weight excluding hydrogens is 378 g/mol. The van der Waals surface area contributed by atoms with Crippen LogP contribution in [0.25, 0.3) is 0 Å². The average Bonchev–Trinajstić information content (AvgIpc) is 2.94. The van der Waals surface area contributed by atoms with Crippen LogP contribution in [-0.2, 0) is 10.0 Å². The summed E-state index contributed by atoms with van der Waals surface area (Å²) in [6.07, 6.45) is 0. The molecule has 1 aliphatic rings. The number of thiophene rings is 1. The van der Waals surface area contributed by atoms with Gasteiger partial charge < -0.3 is 4.90 Å². The highest BCUT2D eigenvalue weighted by Gasteiger charge is 2.30. The van der Waals surface area contributed by atoms with E-state index in [1.807, 2.05) is 26.0 Å². The highest BCUT2D eigenvalue weighted by atomic mass is 35.5. The summed E-state index contributed by atoms with van der Waals surface area (Å²) in [7, 11) is -3.45. The molecule has 132 valence electrons. The summed E-state index contributed by atoms with van der Waals surface area (Å²) in [6.45, 7) is 5.79. The first-order valence-corrected chi connectivity index (χ1v) is 10.5. The van der Waals surface area contributed by atoms with Crippen LogP contribution in [0, 0.1) is 25.2 Å². The fourth-order valence-electron chi connectivity index (χ4n) is 2.98. The lowest BCUT2D eigenvalue weighted by Crippen LogP contribution is -2.48. The number of sulfonamides is 1. The minimum Gasteiger partial charge on any atom is -0.369 e. The summed E-state index contributed by atoms with van der Waals surface area (Å²) < 4.78 is 27.3.